The first-order valence-corrected chi connectivity index (χ1v) is 13.2. The van der Waals surface area contributed by atoms with Crippen LogP contribution in [-0.2, 0) is 11.3 Å². The molecule has 1 saturated heterocycles. The van der Waals surface area contributed by atoms with Crippen LogP contribution in [0.1, 0.15) is 28.0 Å². The van der Waals surface area contributed by atoms with Crippen LogP contribution in [0.5, 0.6) is 5.75 Å². The van der Waals surface area contributed by atoms with Gasteiger partial charge in [0.05, 0.1) is 29.9 Å². The molecule has 204 valence electrons. The van der Waals surface area contributed by atoms with Crippen LogP contribution in [0.25, 0.3) is 10.9 Å². The third kappa shape index (κ3) is 6.65. The van der Waals surface area contributed by atoms with Crippen molar-refractivity contribution in [3.05, 3.63) is 76.3 Å². The summed E-state index contributed by atoms with van der Waals surface area (Å²) in [6.07, 6.45) is 2.46. The van der Waals surface area contributed by atoms with Gasteiger partial charge in [-0.2, -0.15) is 5.10 Å². The molecule has 4 aromatic rings. The smallest absolute Gasteiger partial charge is 0.268 e. The molecule has 39 heavy (non-hydrogen) atoms. The lowest BCUT2D eigenvalue weighted by molar-refractivity contribution is 0.0374. The summed E-state index contributed by atoms with van der Waals surface area (Å²) in [6.45, 7) is 6.97. The number of hydrogen-bond donors (Lipinski definition) is 3. The lowest BCUT2D eigenvalue weighted by Crippen LogP contribution is -2.38. The Bertz CT molecular complexity index is 1460. The normalized spacial score (nSPS) is 13.9. The molecule has 2 aromatic carbocycles. The topological polar surface area (TPSA) is 104 Å². The first-order valence-electron chi connectivity index (χ1n) is 12.8. The van der Waals surface area contributed by atoms with Gasteiger partial charge in [0.25, 0.3) is 5.91 Å². The number of benzene rings is 2. The minimum Gasteiger partial charge on any atom is -0.487 e. The number of nitrogens with one attached hydrogen (secondary N) is 3. The molecule has 1 aliphatic heterocycles. The number of carbonyl (C=O) groups excluding carboxylic acids is 1. The highest BCUT2D eigenvalue weighted by Gasteiger charge is 2.19. The van der Waals surface area contributed by atoms with E-state index >= 15 is 0 Å². The number of hydrogen-bond acceptors (Lipinski definition) is 7. The van der Waals surface area contributed by atoms with E-state index in [4.69, 9.17) is 21.1 Å². The molecule has 3 N–H and O–H groups in total. The van der Waals surface area contributed by atoms with Crippen molar-refractivity contribution in [1.82, 2.24) is 25.4 Å². The van der Waals surface area contributed by atoms with E-state index in [1.54, 1.807) is 36.5 Å². The molecule has 0 spiro atoms. The highest BCUT2D eigenvalue weighted by atomic mass is 35.5. The Morgan fingerprint density at radius 3 is 2.87 bits per heavy atom. The number of aromatic amines is 1. The van der Waals surface area contributed by atoms with Gasteiger partial charge in [0.2, 0.25) is 0 Å². The van der Waals surface area contributed by atoms with Gasteiger partial charge in [-0.05, 0) is 61.3 Å². The number of nitrogens with zero attached hydrogens (tertiary/aromatic N) is 3. The van der Waals surface area contributed by atoms with Crippen LogP contribution in [0.3, 0.4) is 0 Å². The predicted molar refractivity (Wildman–Crippen MR) is 148 cm³/mol. The molecule has 0 unspecified atom stereocenters. The van der Waals surface area contributed by atoms with Crippen LogP contribution in [0, 0.1) is 12.7 Å². The molecule has 9 nitrogen and oxygen atoms in total. The Morgan fingerprint density at radius 1 is 1.23 bits per heavy atom. The van der Waals surface area contributed by atoms with Crippen molar-refractivity contribution in [2.24, 2.45) is 0 Å². The number of amides is 1. The second kappa shape index (κ2) is 12.4. The molecule has 1 fully saturated rings. The fourth-order valence-electron chi connectivity index (χ4n) is 4.57. The van der Waals surface area contributed by atoms with E-state index in [0.717, 1.165) is 50.2 Å². The number of H-pyrrole nitrogens is 1. The van der Waals surface area contributed by atoms with Crippen molar-refractivity contribution < 1.29 is 18.7 Å². The first-order chi connectivity index (χ1) is 19.0. The van der Waals surface area contributed by atoms with Gasteiger partial charge < -0.3 is 25.1 Å². The minimum atomic E-state index is -0.318. The van der Waals surface area contributed by atoms with Gasteiger partial charge in [0, 0.05) is 30.7 Å². The third-order valence-electron chi connectivity index (χ3n) is 6.61. The van der Waals surface area contributed by atoms with Crippen molar-refractivity contribution in [1.29, 1.82) is 0 Å². The largest absolute Gasteiger partial charge is 0.487 e. The van der Waals surface area contributed by atoms with Crippen molar-refractivity contribution in [2.45, 2.75) is 20.0 Å². The summed E-state index contributed by atoms with van der Waals surface area (Å²) in [4.78, 5) is 18.5. The molecule has 0 bridgehead atoms. The number of aromatic nitrogens is 3. The van der Waals surface area contributed by atoms with Crippen molar-refractivity contribution >= 4 is 39.9 Å². The average Bonchev–Trinajstić information content (AvgIpc) is 3.28. The van der Waals surface area contributed by atoms with Crippen molar-refractivity contribution in [3.8, 4) is 5.75 Å². The standard InChI is InChI=1S/C28H30ClFN6O3/c1-18-25-23(34-26(18)28(37)31-8-3-9-36-10-12-38-13-11-36)16-32-35-27(25)33-21-6-7-24(22(29)15-21)39-17-19-4-2-5-20(30)14-19/h2,4-7,14-16,34H,3,8-13,17H2,1H3,(H,31,37)(H,33,35). The monoisotopic (exact) mass is 552 g/mol. The summed E-state index contributed by atoms with van der Waals surface area (Å²) >= 11 is 6.45. The highest BCUT2D eigenvalue weighted by Crippen LogP contribution is 2.32. The summed E-state index contributed by atoms with van der Waals surface area (Å²) in [5, 5.41) is 15.8. The summed E-state index contributed by atoms with van der Waals surface area (Å²) in [5.41, 5.74) is 3.33. The van der Waals surface area contributed by atoms with E-state index in [9.17, 15) is 9.18 Å². The van der Waals surface area contributed by atoms with E-state index in [2.05, 4.69) is 30.7 Å². The predicted octanol–water partition coefficient (Wildman–Crippen LogP) is 4.83. The van der Waals surface area contributed by atoms with Gasteiger partial charge in [0.1, 0.15) is 23.9 Å². The quantitative estimate of drug-likeness (QED) is 0.242. The second-order valence-corrected chi connectivity index (χ2v) is 9.77. The molecular weight excluding hydrogens is 523 g/mol. The van der Waals surface area contributed by atoms with E-state index in [1.807, 2.05) is 6.92 Å². The Balaban J connectivity index is 1.23. The zero-order valence-corrected chi connectivity index (χ0v) is 22.4. The molecule has 0 atom stereocenters. The molecule has 5 rings (SSSR count). The van der Waals surface area contributed by atoms with Crippen LogP contribution < -0.4 is 15.4 Å². The van der Waals surface area contributed by atoms with E-state index in [1.165, 1.54) is 12.1 Å². The lowest BCUT2D eigenvalue weighted by atomic mass is 10.1. The fraction of sp³-hybridized carbons (Fsp3) is 0.321. The maximum absolute atomic E-state index is 13.4. The van der Waals surface area contributed by atoms with Crippen LogP contribution >= 0.6 is 11.6 Å². The summed E-state index contributed by atoms with van der Waals surface area (Å²) < 4.78 is 24.6. The number of fused-ring (bicyclic) bond motifs is 1. The Kier molecular flexibility index (Phi) is 8.55. The molecule has 1 amide bonds. The number of morpholine rings is 1. The van der Waals surface area contributed by atoms with Gasteiger partial charge in [-0.15, -0.1) is 5.10 Å². The number of aryl methyl sites for hydroxylation is 1. The van der Waals surface area contributed by atoms with Crippen LogP contribution in [-0.4, -0.2) is 65.4 Å². The summed E-state index contributed by atoms with van der Waals surface area (Å²) in [5.74, 6) is 0.485. The number of anilines is 2. The van der Waals surface area contributed by atoms with Crippen LogP contribution in [0.4, 0.5) is 15.9 Å². The van der Waals surface area contributed by atoms with Crippen molar-refractivity contribution in [3.63, 3.8) is 0 Å². The van der Waals surface area contributed by atoms with Gasteiger partial charge in [-0.25, -0.2) is 4.39 Å². The van der Waals surface area contributed by atoms with E-state index < -0.39 is 0 Å². The summed E-state index contributed by atoms with van der Waals surface area (Å²) in [7, 11) is 0. The van der Waals surface area contributed by atoms with Gasteiger partial charge >= 0.3 is 0 Å². The third-order valence-corrected chi connectivity index (χ3v) is 6.90. The second-order valence-electron chi connectivity index (χ2n) is 9.36. The lowest BCUT2D eigenvalue weighted by Gasteiger charge is -2.26. The zero-order chi connectivity index (χ0) is 27.2. The molecule has 0 aliphatic carbocycles. The summed E-state index contributed by atoms with van der Waals surface area (Å²) in [6, 6.07) is 11.5. The van der Waals surface area contributed by atoms with E-state index in [-0.39, 0.29) is 18.3 Å². The number of carbonyl (C=O) groups is 1. The first kappa shape index (κ1) is 26.9. The Hall–Kier alpha value is -3.73. The SMILES string of the molecule is Cc1c(C(=O)NCCCN2CCOCC2)[nH]c2cnnc(Nc3ccc(OCc4cccc(F)c4)c(Cl)c3)c12. The Morgan fingerprint density at radius 2 is 2.08 bits per heavy atom. The van der Waals surface area contributed by atoms with E-state index in [0.29, 0.717) is 45.6 Å². The molecule has 0 radical (unpaired) electrons. The Labute approximate surface area is 230 Å². The van der Waals surface area contributed by atoms with Gasteiger partial charge in [0.15, 0.2) is 5.82 Å². The minimum absolute atomic E-state index is 0.167. The van der Waals surface area contributed by atoms with Gasteiger partial charge in [-0.3, -0.25) is 9.69 Å². The van der Waals surface area contributed by atoms with Crippen LogP contribution in [0.15, 0.2) is 48.7 Å². The maximum Gasteiger partial charge on any atom is 0.268 e. The molecule has 1 aliphatic rings. The molecule has 0 saturated carbocycles. The molecule has 11 heteroatoms. The molecular formula is C28H30ClFN6O3. The van der Waals surface area contributed by atoms with Gasteiger partial charge in [-0.1, -0.05) is 23.7 Å². The molecule has 3 heterocycles. The number of ether oxygens (including phenoxy) is 2. The fourth-order valence-corrected chi connectivity index (χ4v) is 4.80. The molecule has 2 aromatic heterocycles. The highest BCUT2D eigenvalue weighted by molar-refractivity contribution is 6.32. The number of halogens is 2. The maximum atomic E-state index is 13.4. The van der Waals surface area contributed by atoms with Crippen LogP contribution in [0.2, 0.25) is 5.02 Å². The number of rotatable bonds is 10. The zero-order valence-electron chi connectivity index (χ0n) is 21.6. The van der Waals surface area contributed by atoms with Crippen molar-refractivity contribution in [2.75, 3.05) is 44.7 Å². The average molecular weight is 553 g/mol.